The Hall–Kier alpha value is -2.46. The van der Waals surface area contributed by atoms with Gasteiger partial charge in [-0.25, -0.2) is 4.98 Å². The fourth-order valence-corrected chi connectivity index (χ4v) is 3.59. The number of pyridine rings is 1. The van der Waals surface area contributed by atoms with Crippen molar-refractivity contribution < 1.29 is 0 Å². The molecule has 142 valence electrons. The molecule has 0 aliphatic carbocycles. The zero-order chi connectivity index (χ0) is 19.4. The summed E-state index contributed by atoms with van der Waals surface area (Å²) < 4.78 is 1.65. The van der Waals surface area contributed by atoms with E-state index in [1.165, 1.54) is 11.1 Å². The van der Waals surface area contributed by atoms with Crippen molar-refractivity contribution >= 4 is 5.65 Å². The zero-order valence-electron chi connectivity index (χ0n) is 16.7. The molecule has 4 nitrogen and oxygen atoms in total. The average Bonchev–Trinajstić information content (AvgIpc) is 2.63. The predicted octanol–water partition coefficient (Wildman–Crippen LogP) is 4.44. The van der Waals surface area contributed by atoms with E-state index in [-0.39, 0.29) is 11.6 Å². The van der Waals surface area contributed by atoms with Gasteiger partial charge in [-0.3, -0.25) is 9.20 Å². The normalized spacial score (nSPS) is 12.6. The van der Waals surface area contributed by atoms with Gasteiger partial charge >= 0.3 is 0 Å². The van der Waals surface area contributed by atoms with Crippen LogP contribution in [0.1, 0.15) is 55.7 Å². The van der Waals surface area contributed by atoms with E-state index in [1.807, 2.05) is 25.1 Å². The van der Waals surface area contributed by atoms with Crippen molar-refractivity contribution in [1.29, 1.82) is 0 Å². The largest absolute Gasteiger partial charge is 0.304 e. The van der Waals surface area contributed by atoms with Gasteiger partial charge in [0.15, 0.2) is 0 Å². The molecule has 1 atom stereocenters. The summed E-state index contributed by atoms with van der Waals surface area (Å²) in [5, 5.41) is 3.60. The molecular weight excluding hydrogens is 334 g/mol. The van der Waals surface area contributed by atoms with Crippen LogP contribution in [-0.2, 0) is 13.0 Å². The van der Waals surface area contributed by atoms with Crippen LogP contribution in [-0.4, -0.2) is 9.38 Å². The molecule has 0 unspecified atom stereocenters. The van der Waals surface area contributed by atoms with Gasteiger partial charge in [-0.2, -0.15) is 0 Å². The van der Waals surface area contributed by atoms with Gasteiger partial charge in [0.2, 0.25) is 0 Å². The fraction of sp³-hybridized carbons (Fsp3) is 0.391. The highest BCUT2D eigenvalue weighted by atomic mass is 16.1. The van der Waals surface area contributed by atoms with Crippen molar-refractivity contribution in [3.63, 3.8) is 0 Å². The standard InChI is InChI=1S/C23H29N3O/c1-5-7-18-10-12-19(13-11-18)23(16(2)3)24-15-20-14-22(27)26-17(4)8-6-9-21(26)25-20/h6,8-14,16,23-24H,5,7,15H2,1-4H3/t23-/m0/s1. The van der Waals surface area contributed by atoms with E-state index in [9.17, 15) is 4.79 Å². The molecule has 0 saturated heterocycles. The molecule has 0 radical (unpaired) electrons. The van der Waals surface area contributed by atoms with Crippen molar-refractivity contribution in [2.75, 3.05) is 0 Å². The van der Waals surface area contributed by atoms with E-state index in [4.69, 9.17) is 0 Å². The third-order valence-electron chi connectivity index (χ3n) is 4.98. The van der Waals surface area contributed by atoms with Gasteiger partial charge in [0.05, 0.1) is 5.69 Å². The maximum absolute atomic E-state index is 12.5. The number of nitrogens with one attached hydrogen (secondary N) is 1. The Kier molecular flexibility index (Phi) is 6.07. The first-order valence-corrected chi connectivity index (χ1v) is 9.80. The SMILES string of the molecule is CCCc1ccc([C@@H](NCc2cc(=O)n3c(C)cccc3n2)C(C)C)cc1. The molecule has 2 aromatic heterocycles. The predicted molar refractivity (Wildman–Crippen MR) is 111 cm³/mol. The minimum Gasteiger partial charge on any atom is -0.304 e. The molecular formula is C23H29N3O. The molecule has 0 saturated carbocycles. The first-order valence-electron chi connectivity index (χ1n) is 9.80. The second kappa shape index (κ2) is 8.49. The van der Waals surface area contributed by atoms with E-state index < -0.39 is 0 Å². The molecule has 3 aromatic rings. The third-order valence-corrected chi connectivity index (χ3v) is 4.98. The summed E-state index contributed by atoms with van der Waals surface area (Å²) in [6.45, 7) is 9.12. The lowest BCUT2D eigenvalue weighted by Crippen LogP contribution is -2.27. The summed E-state index contributed by atoms with van der Waals surface area (Å²) in [6, 6.07) is 16.5. The topological polar surface area (TPSA) is 46.4 Å². The van der Waals surface area contributed by atoms with Gasteiger partial charge in [0, 0.05) is 24.3 Å². The lowest BCUT2D eigenvalue weighted by Gasteiger charge is -2.23. The summed E-state index contributed by atoms with van der Waals surface area (Å²) in [4.78, 5) is 17.1. The highest BCUT2D eigenvalue weighted by molar-refractivity contribution is 5.40. The average molecular weight is 364 g/mol. The second-order valence-electron chi connectivity index (χ2n) is 7.54. The monoisotopic (exact) mass is 363 g/mol. The molecule has 0 fully saturated rings. The third kappa shape index (κ3) is 4.45. The summed E-state index contributed by atoms with van der Waals surface area (Å²) >= 11 is 0. The maximum Gasteiger partial charge on any atom is 0.258 e. The first-order chi connectivity index (χ1) is 13.0. The number of aromatic nitrogens is 2. The molecule has 0 spiro atoms. The van der Waals surface area contributed by atoms with Gasteiger partial charge in [-0.05, 0) is 42.5 Å². The van der Waals surface area contributed by atoms with E-state index in [0.717, 1.165) is 24.2 Å². The van der Waals surface area contributed by atoms with E-state index in [2.05, 4.69) is 55.3 Å². The number of hydrogen-bond acceptors (Lipinski definition) is 3. The number of benzene rings is 1. The van der Waals surface area contributed by atoms with Crippen LogP contribution in [0, 0.1) is 12.8 Å². The molecule has 4 heteroatoms. The van der Waals surface area contributed by atoms with Gasteiger partial charge < -0.3 is 5.32 Å². The molecule has 2 heterocycles. The van der Waals surface area contributed by atoms with E-state index in [0.29, 0.717) is 18.1 Å². The Bertz CT molecular complexity index is 958. The van der Waals surface area contributed by atoms with Gasteiger partial charge in [0.1, 0.15) is 5.65 Å². The van der Waals surface area contributed by atoms with Crippen molar-refractivity contribution in [3.05, 3.63) is 81.4 Å². The maximum atomic E-state index is 12.5. The molecule has 1 N–H and O–H groups in total. The molecule has 0 amide bonds. The Morgan fingerprint density at radius 3 is 2.52 bits per heavy atom. The van der Waals surface area contributed by atoms with Crippen molar-refractivity contribution in [1.82, 2.24) is 14.7 Å². The quantitative estimate of drug-likeness (QED) is 0.675. The molecule has 1 aromatic carbocycles. The van der Waals surface area contributed by atoms with Crippen LogP contribution >= 0.6 is 0 Å². The Balaban J connectivity index is 1.80. The Labute approximate surface area is 161 Å². The van der Waals surface area contributed by atoms with Crippen molar-refractivity contribution in [2.24, 2.45) is 5.92 Å². The van der Waals surface area contributed by atoms with E-state index in [1.54, 1.807) is 10.5 Å². The summed E-state index contributed by atoms with van der Waals surface area (Å²) in [5.41, 5.74) is 5.00. The van der Waals surface area contributed by atoms with Crippen LogP contribution in [0.4, 0.5) is 0 Å². The van der Waals surface area contributed by atoms with Crippen molar-refractivity contribution in [3.8, 4) is 0 Å². The first kappa shape index (κ1) is 19.3. The smallest absolute Gasteiger partial charge is 0.258 e. The Morgan fingerprint density at radius 2 is 1.85 bits per heavy atom. The van der Waals surface area contributed by atoms with Crippen LogP contribution in [0.15, 0.2) is 53.3 Å². The lowest BCUT2D eigenvalue weighted by molar-refractivity contribution is 0.408. The van der Waals surface area contributed by atoms with Crippen molar-refractivity contribution in [2.45, 2.75) is 53.1 Å². The zero-order valence-corrected chi connectivity index (χ0v) is 16.7. The summed E-state index contributed by atoms with van der Waals surface area (Å²) in [7, 11) is 0. The van der Waals surface area contributed by atoms with E-state index >= 15 is 0 Å². The highest BCUT2D eigenvalue weighted by Crippen LogP contribution is 2.23. The number of nitrogens with zero attached hydrogens (tertiary/aromatic N) is 2. The van der Waals surface area contributed by atoms with Gasteiger partial charge in [-0.15, -0.1) is 0 Å². The van der Waals surface area contributed by atoms with Crippen LogP contribution in [0.5, 0.6) is 0 Å². The Morgan fingerprint density at radius 1 is 1.11 bits per heavy atom. The van der Waals surface area contributed by atoms with Gasteiger partial charge in [0.25, 0.3) is 5.56 Å². The minimum absolute atomic E-state index is 0.0279. The molecule has 0 bridgehead atoms. The van der Waals surface area contributed by atoms with Crippen LogP contribution in [0.2, 0.25) is 0 Å². The number of aryl methyl sites for hydroxylation is 2. The molecule has 0 aliphatic heterocycles. The van der Waals surface area contributed by atoms with Crippen LogP contribution in [0.25, 0.3) is 5.65 Å². The number of fused-ring (bicyclic) bond motifs is 1. The number of hydrogen-bond donors (Lipinski definition) is 1. The summed E-state index contributed by atoms with van der Waals surface area (Å²) in [5.74, 6) is 0.436. The lowest BCUT2D eigenvalue weighted by atomic mass is 9.94. The summed E-state index contributed by atoms with van der Waals surface area (Å²) in [6.07, 6.45) is 2.28. The molecule has 3 rings (SSSR count). The van der Waals surface area contributed by atoms with Crippen LogP contribution in [0.3, 0.4) is 0 Å². The fourth-order valence-electron chi connectivity index (χ4n) is 3.59. The second-order valence-corrected chi connectivity index (χ2v) is 7.54. The number of rotatable bonds is 7. The molecule has 0 aliphatic rings. The van der Waals surface area contributed by atoms with Gasteiger partial charge in [-0.1, -0.05) is 57.5 Å². The van der Waals surface area contributed by atoms with Crippen LogP contribution < -0.4 is 10.9 Å². The highest BCUT2D eigenvalue weighted by Gasteiger charge is 2.16. The minimum atomic E-state index is -0.0279. The molecule has 27 heavy (non-hydrogen) atoms.